The maximum atomic E-state index is 5.86. The molecule has 2 heterocycles. The number of ether oxygens (including phenoxy) is 1. The lowest BCUT2D eigenvalue weighted by atomic mass is 10.3. The summed E-state index contributed by atoms with van der Waals surface area (Å²) in [5.74, 6) is 2.64. The van der Waals surface area contributed by atoms with E-state index in [9.17, 15) is 0 Å². The third-order valence-corrected chi connectivity index (χ3v) is 4.77. The quantitative estimate of drug-likeness (QED) is 0.595. The molecule has 0 saturated carbocycles. The summed E-state index contributed by atoms with van der Waals surface area (Å²) in [5, 5.41) is 5.25. The monoisotopic (exact) mass is 361 g/mol. The molecule has 0 fully saturated rings. The van der Waals surface area contributed by atoms with E-state index >= 15 is 0 Å². The molecule has 0 aliphatic rings. The number of fused-ring (bicyclic) bond motifs is 1. The number of halogens is 1. The van der Waals surface area contributed by atoms with Gasteiger partial charge in [-0.2, -0.15) is 0 Å². The van der Waals surface area contributed by atoms with Crippen LogP contribution < -0.4 is 10.1 Å². The molecule has 3 aromatic rings. The van der Waals surface area contributed by atoms with Crippen molar-refractivity contribution in [3.05, 3.63) is 46.1 Å². The smallest absolute Gasteiger partial charge is 0.138 e. The van der Waals surface area contributed by atoms with Crippen LogP contribution in [0.25, 0.3) is 10.2 Å². The first-order valence-corrected chi connectivity index (χ1v) is 9.24. The molecule has 0 spiro atoms. The van der Waals surface area contributed by atoms with Gasteiger partial charge in [-0.05, 0) is 43.7 Å². The first kappa shape index (κ1) is 17.0. The van der Waals surface area contributed by atoms with Crippen molar-refractivity contribution in [2.45, 2.75) is 26.7 Å². The lowest BCUT2D eigenvalue weighted by Gasteiger charge is -2.09. The summed E-state index contributed by atoms with van der Waals surface area (Å²) in [6.07, 6.45) is 1.72. The van der Waals surface area contributed by atoms with Gasteiger partial charge in [0, 0.05) is 22.9 Å². The van der Waals surface area contributed by atoms with Crippen LogP contribution in [-0.2, 0) is 6.42 Å². The number of hydrogen-bond donors (Lipinski definition) is 1. The number of thiophene rings is 1. The van der Waals surface area contributed by atoms with Crippen molar-refractivity contribution in [1.82, 2.24) is 9.97 Å². The van der Waals surface area contributed by atoms with E-state index in [2.05, 4.69) is 35.2 Å². The second-order valence-electron chi connectivity index (χ2n) is 5.50. The summed E-state index contributed by atoms with van der Waals surface area (Å²) >= 11 is 7.57. The highest BCUT2D eigenvalue weighted by atomic mass is 35.5. The number of aromatic nitrogens is 2. The Labute approximate surface area is 150 Å². The Hall–Kier alpha value is -1.85. The predicted molar refractivity (Wildman–Crippen MR) is 102 cm³/mol. The van der Waals surface area contributed by atoms with Crippen molar-refractivity contribution in [2.75, 3.05) is 18.5 Å². The van der Waals surface area contributed by atoms with Crippen LogP contribution in [0, 0.1) is 6.92 Å². The van der Waals surface area contributed by atoms with Crippen LogP contribution in [-0.4, -0.2) is 23.1 Å². The van der Waals surface area contributed by atoms with Crippen LogP contribution in [0.4, 0.5) is 5.82 Å². The maximum Gasteiger partial charge on any atom is 0.138 e. The predicted octanol–water partition coefficient (Wildman–Crippen LogP) is 5.10. The summed E-state index contributed by atoms with van der Waals surface area (Å²) in [7, 11) is 0. The molecular formula is C18H20ClN3OS. The van der Waals surface area contributed by atoms with Gasteiger partial charge in [0.2, 0.25) is 0 Å². The van der Waals surface area contributed by atoms with Crippen LogP contribution in [0.1, 0.15) is 24.0 Å². The van der Waals surface area contributed by atoms with Gasteiger partial charge in [-0.25, -0.2) is 9.97 Å². The molecule has 0 aliphatic heterocycles. The SMILES string of the molecule is CCc1nc(NCCCOc2ccc(Cl)cc2)c2cc(C)sc2n1. The highest BCUT2D eigenvalue weighted by Crippen LogP contribution is 2.28. The van der Waals surface area contributed by atoms with Crippen molar-refractivity contribution in [1.29, 1.82) is 0 Å². The van der Waals surface area contributed by atoms with Gasteiger partial charge in [0.05, 0.1) is 12.0 Å². The van der Waals surface area contributed by atoms with Crippen LogP contribution in [0.15, 0.2) is 30.3 Å². The summed E-state index contributed by atoms with van der Waals surface area (Å²) < 4.78 is 5.71. The largest absolute Gasteiger partial charge is 0.494 e. The van der Waals surface area contributed by atoms with Crippen molar-refractivity contribution >= 4 is 39.0 Å². The van der Waals surface area contributed by atoms with Crippen LogP contribution in [0.3, 0.4) is 0 Å². The van der Waals surface area contributed by atoms with E-state index in [1.54, 1.807) is 11.3 Å². The lowest BCUT2D eigenvalue weighted by molar-refractivity contribution is 0.315. The minimum absolute atomic E-state index is 0.645. The highest BCUT2D eigenvalue weighted by Gasteiger charge is 2.09. The highest BCUT2D eigenvalue weighted by molar-refractivity contribution is 7.18. The van der Waals surface area contributed by atoms with Gasteiger partial charge >= 0.3 is 0 Å². The zero-order valence-electron chi connectivity index (χ0n) is 13.8. The molecule has 0 atom stereocenters. The third kappa shape index (κ3) is 4.16. The zero-order chi connectivity index (χ0) is 16.9. The molecule has 2 aromatic heterocycles. The Bertz CT molecular complexity index is 817. The average molecular weight is 362 g/mol. The molecule has 0 aliphatic carbocycles. The number of anilines is 1. The fraction of sp³-hybridized carbons (Fsp3) is 0.333. The molecule has 0 amide bonds. The van der Waals surface area contributed by atoms with Gasteiger partial charge in [-0.15, -0.1) is 11.3 Å². The third-order valence-electron chi connectivity index (χ3n) is 3.57. The van der Waals surface area contributed by atoms with Gasteiger partial charge < -0.3 is 10.1 Å². The van der Waals surface area contributed by atoms with Gasteiger partial charge in [-0.1, -0.05) is 18.5 Å². The van der Waals surface area contributed by atoms with Crippen molar-refractivity contribution in [3.63, 3.8) is 0 Å². The van der Waals surface area contributed by atoms with Gasteiger partial charge in [-0.3, -0.25) is 0 Å². The summed E-state index contributed by atoms with van der Waals surface area (Å²) in [6.45, 7) is 5.62. The molecule has 126 valence electrons. The molecule has 24 heavy (non-hydrogen) atoms. The topological polar surface area (TPSA) is 47.0 Å². The Morgan fingerprint density at radius 1 is 1.21 bits per heavy atom. The van der Waals surface area contributed by atoms with E-state index in [0.29, 0.717) is 6.61 Å². The summed E-state index contributed by atoms with van der Waals surface area (Å²) in [5.41, 5.74) is 0. The number of hydrogen-bond acceptors (Lipinski definition) is 5. The fourth-order valence-electron chi connectivity index (χ4n) is 2.38. The number of benzene rings is 1. The van der Waals surface area contributed by atoms with E-state index in [0.717, 1.165) is 52.0 Å². The zero-order valence-corrected chi connectivity index (χ0v) is 15.4. The van der Waals surface area contributed by atoms with Crippen LogP contribution in [0.5, 0.6) is 5.75 Å². The number of rotatable bonds is 7. The van der Waals surface area contributed by atoms with Crippen molar-refractivity contribution in [3.8, 4) is 5.75 Å². The van der Waals surface area contributed by atoms with Gasteiger partial charge in [0.1, 0.15) is 22.2 Å². The molecule has 0 bridgehead atoms. The minimum Gasteiger partial charge on any atom is -0.494 e. The molecule has 0 radical (unpaired) electrons. The molecule has 1 aromatic carbocycles. The Balaban J connectivity index is 1.56. The molecule has 1 N–H and O–H groups in total. The molecule has 3 rings (SSSR count). The first-order chi connectivity index (χ1) is 11.7. The van der Waals surface area contributed by atoms with E-state index < -0.39 is 0 Å². The van der Waals surface area contributed by atoms with Gasteiger partial charge in [0.15, 0.2) is 0 Å². The molecular weight excluding hydrogens is 342 g/mol. The van der Waals surface area contributed by atoms with E-state index in [1.807, 2.05) is 24.3 Å². The molecule has 0 unspecified atom stereocenters. The van der Waals surface area contributed by atoms with E-state index in [4.69, 9.17) is 16.3 Å². The van der Waals surface area contributed by atoms with E-state index in [-0.39, 0.29) is 0 Å². The standard InChI is InChI=1S/C18H20ClN3OS/c1-3-16-21-17(15-11-12(2)24-18(15)22-16)20-9-4-10-23-14-7-5-13(19)6-8-14/h5-8,11H,3-4,9-10H2,1-2H3,(H,20,21,22). The second kappa shape index (κ2) is 7.81. The number of nitrogens with zero attached hydrogens (tertiary/aromatic N) is 2. The molecule has 4 nitrogen and oxygen atoms in total. The Kier molecular flexibility index (Phi) is 5.53. The maximum absolute atomic E-state index is 5.86. The summed E-state index contributed by atoms with van der Waals surface area (Å²) in [4.78, 5) is 11.5. The van der Waals surface area contributed by atoms with Gasteiger partial charge in [0.25, 0.3) is 0 Å². The normalized spacial score (nSPS) is 11.0. The first-order valence-electron chi connectivity index (χ1n) is 8.05. The number of aryl methyl sites for hydroxylation is 2. The lowest BCUT2D eigenvalue weighted by Crippen LogP contribution is -2.09. The minimum atomic E-state index is 0.645. The van der Waals surface area contributed by atoms with Crippen LogP contribution in [0.2, 0.25) is 5.02 Å². The Morgan fingerprint density at radius 3 is 2.75 bits per heavy atom. The number of nitrogens with one attached hydrogen (secondary N) is 1. The van der Waals surface area contributed by atoms with Crippen molar-refractivity contribution < 1.29 is 4.74 Å². The van der Waals surface area contributed by atoms with Crippen molar-refractivity contribution in [2.24, 2.45) is 0 Å². The van der Waals surface area contributed by atoms with E-state index in [1.165, 1.54) is 4.88 Å². The summed E-state index contributed by atoms with van der Waals surface area (Å²) in [6, 6.07) is 9.57. The average Bonchev–Trinajstić information content (AvgIpc) is 2.96. The molecule has 0 saturated heterocycles. The Morgan fingerprint density at radius 2 is 2.00 bits per heavy atom. The van der Waals surface area contributed by atoms with Crippen LogP contribution >= 0.6 is 22.9 Å². The fourth-order valence-corrected chi connectivity index (χ4v) is 3.40. The molecule has 6 heteroatoms. The second-order valence-corrected chi connectivity index (χ2v) is 7.17.